The van der Waals surface area contributed by atoms with Crippen LogP contribution < -0.4 is 32.7 Å². The summed E-state index contributed by atoms with van der Waals surface area (Å²) in [6.07, 6.45) is 4.64. The maximum absolute atomic E-state index is 15.0. The molecule has 2 aromatic heterocycles. The van der Waals surface area contributed by atoms with Gasteiger partial charge in [-0.1, -0.05) is 25.1 Å². The van der Waals surface area contributed by atoms with Gasteiger partial charge in [0.25, 0.3) is 11.4 Å². The molecule has 8 amide bonds. The first kappa shape index (κ1) is 59.8. The van der Waals surface area contributed by atoms with E-state index in [2.05, 4.69) is 26.3 Å². The van der Waals surface area contributed by atoms with E-state index in [9.17, 15) is 65.9 Å². The van der Waals surface area contributed by atoms with Crippen molar-refractivity contribution in [2.45, 2.75) is 132 Å². The molecule has 25 nitrogen and oxygen atoms in total. The van der Waals surface area contributed by atoms with E-state index in [0.717, 1.165) is 37.7 Å². The van der Waals surface area contributed by atoms with Crippen LogP contribution in [-0.4, -0.2) is 138 Å². The van der Waals surface area contributed by atoms with Crippen LogP contribution in [-0.2, 0) is 68.0 Å². The van der Waals surface area contributed by atoms with Crippen LogP contribution >= 0.6 is 7.60 Å². The number of carbonyl (C=O) groups excluding carboxylic acids is 9. The maximum atomic E-state index is 15.0. The van der Waals surface area contributed by atoms with E-state index in [0.29, 0.717) is 28.5 Å². The summed E-state index contributed by atoms with van der Waals surface area (Å²) in [6, 6.07) is 11.5. The largest absolute Gasteiger partial charge is 0.396 e. The molecule has 9 N–H and O–H groups in total. The van der Waals surface area contributed by atoms with Crippen LogP contribution in [0.15, 0.2) is 76.4 Å². The van der Waals surface area contributed by atoms with E-state index < -0.39 is 88.6 Å². The second-order valence-electron chi connectivity index (χ2n) is 22.1. The summed E-state index contributed by atoms with van der Waals surface area (Å²) >= 11 is 0. The number of nitrogens with two attached hydrogens (primary N) is 1. The van der Waals surface area contributed by atoms with Gasteiger partial charge in [0.05, 0.1) is 21.7 Å². The molecule has 4 aliphatic rings. The molecule has 0 radical (unpaired) electrons. The summed E-state index contributed by atoms with van der Waals surface area (Å²) in [4.78, 5) is 159. The third-order valence-electron chi connectivity index (χ3n) is 16.6. The van der Waals surface area contributed by atoms with Crippen molar-refractivity contribution >= 4 is 92.2 Å². The predicted octanol–water partition coefficient (Wildman–Crippen LogP) is 2.11. The lowest BCUT2D eigenvalue weighted by Crippen LogP contribution is -2.62. The summed E-state index contributed by atoms with van der Waals surface area (Å²) < 4.78 is 39.4. The van der Waals surface area contributed by atoms with Gasteiger partial charge in [0.1, 0.15) is 29.9 Å². The molecule has 3 aliphatic heterocycles. The van der Waals surface area contributed by atoms with E-state index in [4.69, 9.17) is 5.73 Å². The maximum Gasteiger partial charge on any atom is 0.396 e. The van der Waals surface area contributed by atoms with Gasteiger partial charge >= 0.3 is 13.3 Å². The summed E-state index contributed by atoms with van der Waals surface area (Å²) in [5.41, 5.74) is 6.47. The molecule has 3 saturated heterocycles. The molecule has 3 aromatic carbocycles. The first-order valence-electron chi connectivity index (χ1n) is 27.7. The molecule has 1 saturated carbocycles. The fourth-order valence-corrected chi connectivity index (χ4v) is 13.3. The summed E-state index contributed by atoms with van der Waals surface area (Å²) in [5.74, 6) is -4.52. The summed E-state index contributed by atoms with van der Waals surface area (Å²) in [7, 11) is -6.96. The Kier molecular flexibility index (Phi) is 17.7. The minimum Gasteiger partial charge on any atom is -0.370 e. The fraction of sp³-hybridized carbons (Fsp3) is 0.464. The van der Waals surface area contributed by atoms with Crippen LogP contribution in [0.4, 0.5) is 0 Å². The van der Waals surface area contributed by atoms with Crippen molar-refractivity contribution in [2.24, 2.45) is 24.6 Å². The van der Waals surface area contributed by atoms with Gasteiger partial charge in [0.15, 0.2) is 9.84 Å². The predicted molar refractivity (Wildman–Crippen MR) is 300 cm³/mol. The molecular formula is C56H67N10O15PS. The topological polar surface area (TPSA) is 369 Å². The summed E-state index contributed by atoms with van der Waals surface area (Å²) in [6.45, 7) is 1.36. The number of nitrogens with zero attached hydrogens (tertiary/aromatic N) is 4. The highest BCUT2D eigenvalue weighted by molar-refractivity contribution is 7.91. The second-order valence-corrected chi connectivity index (χ2v) is 25.9. The Morgan fingerprint density at radius 3 is 2.24 bits per heavy atom. The van der Waals surface area contributed by atoms with Crippen molar-refractivity contribution < 1.29 is 65.9 Å². The highest BCUT2D eigenvalue weighted by atomic mass is 32.2. The lowest BCUT2D eigenvalue weighted by atomic mass is 9.78. The van der Waals surface area contributed by atoms with Crippen LogP contribution in [0, 0.1) is 11.8 Å². The van der Waals surface area contributed by atoms with Crippen molar-refractivity contribution in [3.63, 3.8) is 0 Å². The minimum absolute atomic E-state index is 0.00779. The second kappa shape index (κ2) is 24.6. The molecule has 4 fully saturated rings. The smallest absolute Gasteiger partial charge is 0.370 e. The number of imidazole rings is 1. The number of H-pyrrole nitrogens is 1. The monoisotopic (exact) mass is 1180 g/mol. The Bertz CT molecular complexity index is 3660. The van der Waals surface area contributed by atoms with E-state index in [1.54, 1.807) is 24.1 Å². The third kappa shape index (κ3) is 13.4. The fourth-order valence-electron chi connectivity index (χ4n) is 12.0. The normalized spacial score (nSPS) is 21.9. The van der Waals surface area contributed by atoms with Gasteiger partial charge in [-0.3, -0.25) is 62.2 Å². The number of imide groups is 1. The molecular weight excluding hydrogens is 1120 g/mol. The van der Waals surface area contributed by atoms with Crippen LogP contribution in [0.5, 0.6) is 0 Å². The molecule has 5 heterocycles. The Morgan fingerprint density at radius 2 is 1.55 bits per heavy atom. The average Bonchev–Trinajstić information content (AvgIpc) is 3.02. The third-order valence-corrected chi connectivity index (χ3v) is 19.1. The molecule has 9 rings (SSSR count). The molecule has 5 atom stereocenters. The number of aromatic amines is 1. The minimum atomic E-state index is -5.14. The number of sulfone groups is 1. The van der Waals surface area contributed by atoms with Gasteiger partial charge < -0.3 is 46.3 Å². The van der Waals surface area contributed by atoms with Crippen LogP contribution in [0.1, 0.15) is 122 Å². The van der Waals surface area contributed by atoms with Gasteiger partial charge in [-0.05, 0) is 136 Å². The van der Waals surface area contributed by atoms with Crippen LogP contribution in [0.25, 0.3) is 21.9 Å². The van der Waals surface area contributed by atoms with Gasteiger partial charge in [0.2, 0.25) is 41.4 Å². The highest BCUT2D eigenvalue weighted by Crippen LogP contribution is 2.40. The first-order valence-corrected chi connectivity index (χ1v) is 31.0. The number of fused-ring (bicyclic) bond motifs is 3. The van der Waals surface area contributed by atoms with Crippen LogP contribution in [0.3, 0.4) is 0 Å². The van der Waals surface area contributed by atoms with Crippen LogP contribution in [0.2, 0.25) is 0 Å². The number of carbonyl (C=O) groups is 9. The molecule has 1 aliphatic carbocycles. The number of nitrogens with one attached hydrogen (secondary N) is 5. The number of hydrogen-bond donors (Lipinski definition) is 8. The Hall–Kier alpha value is -7.80. The van der Waals surface area contributed by atoms with Crippen molar-refractivity contribution in [1.29, 1.82) is 0 Å². The summed E-state index contributed by atoms with van der Waals surface area (Å²) in [5, 5.41) is 10.8. The zero-order valence-corrected chi connectivity index (χ0v) is 47.5. The number of hydrogen-bond acceptors (Lipinski definition) is 13. The zero-order chi connectivity index (χ0) is 59.7. The van der Waals surface area contributed by atoms with E-state index in [1.807, 2.05) is 18.2 Å². The van der Waals surface area contributed by atoms with Crippen molar-refractivity contribution in [3.05, 3.63) is 99.6 Å². The number of amides is 8. The van der Waals surface area contributed by atoms with Gasteiger partial charge in [-0.25, -0.2) is 13.2 Å². The first-order chi connectivity index (χ1) is 39.4. The highest BCUT2D eigenvalue weighted by Gasteiger charge is 2.46. The van der Waals surface area contributed by atoms with E-state index in [-0.39, 0.29) is 121 Å². The van der Waals surface area contributed by atoms with Gasteiger partial charge in [-0.2, -0.15) is 0 Å². The lowest BCUT2D eigenvalue weighted by molar-refractivity contribution is -0.146. The van der Waals surface area contributed by atoms with Crippen molar-refractivity contribution in [3.8, 4) is 0 Å². The molecule has 0 spiro atoms. The molecule has 83 heavy (non-hydrogen) atoms. The number of aromatic nitrogens is 3. The molecule has 5 aromatic rings. The van der Waals surface area contributed by atoms with E-state index >= 15 is 4.79 Å². The molecule has 0 bridgehead atoms. The Balaban J connectivity index is 0.888. The number of aryl methyl sites for hydroxylation is 1. The number of piperidine rings is 1. The quantitative estimate of drug-likeness (QED) is 0.0434. The molecule has 1 unspecified atom stereocenters. The number of benzene rings is 3. The van der Waals surface area contributed by atoms with Crippen molar-refractivity contribution in [2.75, 3.05) is 18.8 Å². The van der Waals surface area contributed by atoms with E-state index in [1.165, 1.54) is 57.4 Å². The molecule has 442 valence electrons. The van der Waals surface area contributed by atoms with Gasteiger partial charge in [-0.15, -0.1) is 0 Å². The zero-order valence-electron chi connectivity index (χ0n) is 45.8. The average molecular weight is 1180 g/mol. The lowest BCUT2D eigenvalue weighted by Gasteiger charge is -2.39. The molecule has 27 heteroatoms. The van der Waals surface area contributed by atoms with Crippen molar-refractivity contribution in [1.82, 2.24) is 45.2 Å². The number of primary amides is 1. The standard InChI is InChI=1S/C56H67N10O15PS/c1-3-83(80,81)38-13-8-33(9-14-38)29-58-50(70)40(16-20-47(57)67)60-52(72)44-18-12-37-22-23-64(30-42(54(74)65(37)44)61-51(71)41-28-36-27-35(11-15-39(36)59-41)55(75)82(77,78)79)49(69)26-32-6-4-31(5-7-32)24-34-10-17-43-46(25-34)63(2)56(76)66(43)45-19-21-48(68)62-53(45)73/h8-11,13-15,17,25,27-28,31-32,37,40,42,44-45,59H,3-7,12,16,18-24,26,29-30H2,1-2H3,(H2,57,67)(H,58,70)(H,60,72)(H,61,71)(H,62,68,73)(H2,77,78,79)/t31-,32+,37-,40+,42+,44+,45?/m1/s1. The SMILES string of the molecule is CCS(=O)(=O)c1ccc(CNC(=O)[C@H](CCC(N)=O)NC(=O)[C@@H]2CC[C@@H]3CCN(C(=O)C[C@H]4CC[C@@H](Cc5ccc6c(c5)n(C)c(=O)n6C5CCC(=O)NC5=O)CC4)C[C@H](NC(=O)c4cc5cc(C(=O)P(=O)(O)O)ccc5[nH]4)C(=O)N32)cc1. The van der Waals surface area contributed by atoms with Gasteiger partial charge in [0, 0.05) is 68.5 Å². The Morgan fingerprint density at radius 1 is 0.843 bits per heavy atom. The Labute approximate surface area is 476 Å². The number of rotatable bonds is 19.